The Morgan fingerprint density at radius 2 is 2.00 bits per heavy atom. The standard InChI is InChI=1S/C12H9BrN2O3/c1-7-14-11(13)5-12(15-7)18-8-2-3-9-10(4-8)17-6-16-9/h2-5H,6H2,1H3. The quantitative estimate of drug-likeness (QED) is 0.798. The lowest BCUT2D eigenvalue weighted by molar-refractivity contribution is 0.174. The predicted octanol–water partition coefficient (Wildman–Crippen LogP) is 3.07. The molecule has 3 rings (SSSR count). The number of halogens is 1. The van der Waals surface area contributed by atoms with Gasteiger partial charge < -0.3 is 14.2 Å². The van der Waals surface area contributed by atoms with Gasteiger partial charge in [0, 0.05) is 12.1 Å². The summed E-state index contributed by atoms with van der Waals surface area (Å²) >= 11 is 3.30. The molecular weight excluding hydrogens is 300 g/mol. The molecule has 0 unspecified atom stereocenters. The van der Waals surface area contributed by atoms with Gasteiger partial charge in [-0.3, -0.25) is 0 Å². The highest BCUT2D eigenvalue weighted by Gasteiger charge is 2.14. The molecule has 6 heteroatoms. The van der Waals surface area contributed by atoms with Crippen LogP contribution in [-0.2, 0) is 0 Å². The lowest BCUT2D eigenvalue weighted by Crippen LogP contribution is -1.93. The Bertz CT molecular complexity index is 584. The average Bonchev–Trinajstić information content (AvgIpc) is 2.74. The SMILES string of the molecule is Cc1nc(Br)cc(Oc2ccc3c(c2)OCO3)n1. The molecule has 1 aromatic heterocycles. The Morgan fingerprint density at radius 1 is 1.17 bits per heavy atom. The van der Waals surface area contributed by atoms with E-state index in [-0.39, 0.29) is 6.79 Å². The molecule has 0 fully saturated rings. The summed E-state index contributed by atoms with van der Waals surface area (Å²) in [6.45, 7) is 2.05. The monoisotopic (exact) mass is 308 g/mol. The van der Waals surface area contributed by atoms with Crippen LogP contribution in [0.25, 0.3) is 0 Å². The van der Waals surface area contributed by atoms with Gasteiger partial charge in [0.1, 0.15) is 16.2 Å². The summed E-state index contributed by atoms with van der Waals surface area (Å²) in [5.41, 5.74) is 0. The fourth-order valence-electron chi connectivity index (χ4n) is 1.62. The molecule has 1 aliphatic rings. The molecule has 0 N–H and O–H groups in total. The Morgan fingerprint density at radius 3 is 2.83 bits per heavy atom. The van der Waals surface area contributed by atoms with Crippen LogP contribution in [0.2, 0.25) is 0 Å². The van der Waals surface area contributed by atoms with Crippen molar-refractivity contribution in [3.05, 3.63) is 34.7 Å². The fraction of sp³-hybridized carbons (Fsp3) is 0.167. The summed E-state index contributed by atoms with van der Waals surface area (Å²) in [6.07, 6.45) is 0. The molecule has 0 saturated carbocycles. The minimum absolute atomic E-state index is 0.247. The number of hydrogen-bond acceptors (Lipinski definition) is 5. The van der Waals surface area contributed by atoms with E-state index in [1.807, 2.05) is 0 Å². The third-order valence-electron chi connectivity index (χ3n) is 2.35. The molecule has 5 nitrogen and oxygen atoms in total. The van der Waals surface area contributed by atoms with Crippen LogP contribution < -0.4 is 14.2 Å². The van der Waals surface area contributed by atoms with E-state index in [4.69, 9.17) is 14.2 Å². The average molecular weight is 309 g/mol. The van der Waals surface area contributed by atoms with Gasteiger partial charge in [0.15, 0.2) is 11.5 Å². The fourth-order valence-corrected chi connectivity index (χ4v) is 2.07. The number of benzene rings is 1. The van der Waals surface area contributed by atoms with Gasteiger partial charge in [0.25, 0.3) is 0 Å². The molecule has 0 radical (unpaired) electrons. The number of nitrogens with zero attached hydrogens (tertiary/aromatic N) is 2. The van der Waals surface area contributed by atoms with Crippen LogP contribution in [0.4, 0.5) is 0 Å². The number of rotatable bonds is 2. The minimum atomic E-state index is 0.247. The first kappa shape index (κ1) is 11.3. The Hall–Kier alpha value is -1.82. The first-order valence-electron chi connectivity index (χ1n) is 5.29. The Labute approximate surface area is 112 Å². The van der Waals surface area contributed by atoms with Crippen LogP contribution in [0.15, 0.2) is 28.9 Å². The van der Waals surface area contributed by atoms with Gasteiger partial charge in [-0.15, -0.1) is 0 Å². The van der Waals surface area contributed by atoms with E-state index in [9.17, 15) is 0 Å². The predicted molar refractivity (Wildman–Crippen MR) is 67.1 cm³/mol. The van der Waals surface area contributed by atoms with Crippen molar-refractivity contribution in [2.75, 3.05) is 6.79 Å². The van der Waals surface area contributed by atoms with Crippen molar-refractivity contribution in [1.29, 1.82) is 0 Å². The summed E-state index contributed by atoms with van der Waals surface area (Å²) in [7, 11) is 0. The van der Waals surface area contributed by atoms with Gasteiger partial charge in [-0.1, -0.05) is 0 Å². The maximum Gasteiger partial charge on any atom is 0.231 e. The molecule has 0 bridgehead atoms. The molecule has 0 saturated heterocycles. The summed E-state index contributed by atoms with van der Waals surface area (Å²) in [5, 5.41) is 0. The number of fused-ring (bicyclic) bond motifs is 1. The molecule has 92 valence electrons. The smallest absolute Gasteiger partial charge is 0.231 e. The second-order valence-electron chi connectivity index (χ2n) is 3.69. The number of ether oxygens (including phenoxy) is 3. The molecule has 1 aromatic carbocycles. The maximum absolute atomic E-state index is 5.65. The highest BCUT2D eigenvalue weighted by atomic mass is 79.9. The zero-order chi connectivity index (χ0) is 12.5. The molecule has 18 heavy (non-hydrogen) atoms. The van der Waals surface area contributed by atoms with Gasteiger partial charge in [0.05, 0.1) is 0 Å². The lowest BCUT2D eigenvalue weighted by atomic mass is 10.3. The summed E-state index contributed by atoms with van der Waals surface area (Å²) in [4.78, 5) is 8.30. The van der Waals surface area contributed by atoms with Crippen LogP contribution >= 0.6 is 15.9 Å². The van der Waals surface area contributed by atoms with Crippen molar-refractivity contribution >= 4 is 15.9 Å². The van der Waals surface area contributed by atoms with Crippen molar-refractivity contribution in [3.8, 4) is 23.1 Å². The van der Waals surface area contributed by atoms with Gasteiger partial charge >= 0.3 is 0 Å². The van der Waals surface area contributed by atoms with Gasteiger partial charge in [-0.25, -0.2) is 4.98 Å². The first-order valence-corrected chi connectivity index (χ1v) is 6.09. The molecule has 2 heterocycles. The molecule has 1 aliphatic heterocycles. The number of aryl methyl sites for hydroxylation is 1. The third-order valence-corrected chi connectivity index (χ3v) is 2.76. The van der Waals surface area contributed by atoms with Gasteiger partial charge in [0.2, 0.25) is 12.7 Å². The highest BCUT2D eigenvalue weighted by molar-refractivity contribution is 9.10. The number of aromatic nitrogens is 2. The summed E-state index contributed by atoms with van der Waals surface area (Å²) < 4.78 is 16.8. The van der Waals surface area contributed by atoms with E-state index in [1.165, 1.54) is 0 Å². The normalized spacial score (nSPS) is 12.6. The molecule has 2 aromatic rings. The third kappa shape index (κ3) is 2.24. The van der Waals surface area contributed by atoms with E-state index < -0.39 is 0 Å². The van der Waals surface area contributed by atoms with Crippen molar-refractivity contribution in [3.63, 3.8) is 0 Å². The van der Waals surface area contributed by atoms with Crippen molar-refractivity contribution in [2.45, 2.75) is 6.92 Å². The van der Waals surface area contributed by atoms with E-state index in [0.29, 0.717) is 27.8 Å². The second kappa shape index (κ2) is 4.45. The van der Waals surface area contributed by atoms with Crippen LogP contribution in [0.1, 0.15) is 5.82 Å². The summed E-state index contributed by atoms with van der Waals surface area (Å²) in [5.74, 6) is 3.16. The minimum Gasteiger partial charge on any atom is -0.454 e. The van der Waals surface area contributed by atoms with Crippen LogP contribution in [-0.4, -0.2) is 16.8 Å². The van der Waals surface area contributed by atoms with E-state index in [1.54, 1.807) is 31.2 Å². The maximum atomic E-state index is 5.65. The van der Waals surface area contributed by atoms with Crippen LogP contribution in [0.3, 0.4) is 0 Å². The number of hydrogen-bond donors (Lipinski definition) is 0. The molecule has 0 spiro atoms. The van der Waals surface area contributed by atoms with E-state index in [0.717, 1.165) is 5.75 Å². The molecule has 0 aliphatic carbocycles. The zero-order valence-corrected chi connectivity index (χ0v) is 11.1. The first-order chi connectivity index (χ1) is 8.70. The molecule has 0 amide bonds. The lowest BCUT2D eigenvalue weighted by Gasteiger charge is -2.06. The van der Waals surface area contributed by atoms with Crippen molar-refractivity contribution < 1.29 is 14.2 Å². The van der Waals surface area contributed by atoms with Crippen molar-refractivity contribution in [1.82, 2.24) is 9.97 Å². The molecule has 0 atom stereocenters. The van der Waals surface area contributed by atoms with Gasteiger partial charge in [-0.05, 0) is 35.0 Å². The largest absolute Gasteiger partial charge is 0.454 e. The summed E-state index contributed by atoms with van der Waals surface area (Å²) in [6, 6.07) is 7.09. The van der Waals surface area contributed by atoms with Gasteiger partial charge in [-0.2, -0.15) is 4.98 Å². The van der Waals surface area contributed by atoms with Crippen LogP contribution in [0.5, 0.6) is 23.1 Å². The van der Waals surface area contributed by atoms with E-state index >= 15 is 0 Å². The Balaban J connectivity index is 1.88. The van der Waals surface area contributed by atoms with Crippen LogP contribution in [0, 0.1) is 6.92 Å². The highest BCUT2D eigenvalue weighted by Crippen LogP contribution is 2.36. The molecular formula is C12H9BrN2O3. The second-order valence-corrected chi connectivity index (χ2v) is 4.51. The van der Waals surface area contributed by atoms with E-state index in [2.05, 4.69) is 25.9 Å². The topological polar surface area (TPSA) is 53.5 Å². The van der Waals surface area contributed by atoms with Crippen molar-refractivity contribution in [2.24, 2.45) is 0 Å². The Kier molecular flexibility index (Phi) is 2.79. The zero-order valence-electron chi connectivity index (χ0n) is 9.51.